The van der Waals surface area contributed by atoms with Gasteiger partial charge in [-0.25, -0.2) is 4.39 Å². The van der Waals surface area contributed by atoms with E-state index < -0.39 is 5.92 Å². The van der Waals surface area contributed by atoms with Gasteiger partial charge >= 0.3 is 0 Å². The van der Waals surface area contributed by atoms with E-state index in [0.29, 0.717) is 47.0 Å². The summed E-state index contributed by atoms with van der Waals surface area (Å²) in [6.07, 6.45) is 0.130. The van der Waals surface area contributed by atoms with Crippen LogP contribution in [0.5, 0.6) is 11.5 Å². The Morgan fingerprint density at radius 1 is 1.09 bits per heavy atom. The Morgan fingerprint density at radius 3 is 2.50 bits per heavy atom. The average Bonchev–Trinajstić information content (AvgIpc) is 2.82. The smallest absolute Gasteiger partial charge is 0.279 e. The van der Waals surface area contributed by atoms with Crippen molar-refractivity contribution < 1.29 is 18.7 Å². The van der Waals surface area contributed by atoms with Crippen LogP contribution in [0.1, 0.15) is 42.9 Å². The number of halogens is 1. The molecule has 1 N–H and O–H groups in total. The second-order valence-corrected chi connectivity index (χ2v) is 8.76. The minimum atomic E-state index is -0.457. The monoisotopic (exact) mass is 483 g/mol. The molecular formula is C25H26FN3O4S. The molecule has 0 fully saturated rings. The molecule has 1 aliphatic rings. The molecule has 0 saturated heterocycles. The summed E-state index contributed by atoms with van der Waals surface area (Å²) in [5.74, 6) is 1.20. The van der Waals surface area contributed by atoms with Crippen molar-refractivity contribution in [2.24, 2.45) is 7.05 Å². The van der Waals surface area contributed by atoms with Crippen LogP contribution in [0.3, 0.4) is 0 Å². The highest BCUT2D eigenvalue weighted by Crippen LogP contribution is 2.39. The van der Waals surface area contributed by atoms with Crippen LogP contribution in [0, 0.1) is 5.82 Å². The SMILES string of the molecule is CCOc1ccc([C@@H]2CC(=O)Nc3c2c(=O)nc(SCc2ccc(F)cc2)n3C)cc1OCC. The summed E-state index contributed by atoms with van der Waals surface area (Å²) in [7, 11) is 1.77. The lowest BCUT2D eigenvalue weighted by Gasteiger charge is -2.28. The average molecular weight is 484 g/mol. The third-order valence-corrected chi connectivity index (χ3v) is 6.65. The lowest BCUT2D eigenvalue weighted by Crippen LogP contribution is -2.33. The van der Waals surface area contributed by atoms with Crippen molar-refractivity contribution in [3.63, 3.8) is 0 Å². The van der Waals surface area contributed by atoms with Gasteiger partial charge in [-0.1, -0.05) is 30.0 Å². The Hall–Kier alpha value is -3.33. The molecule has 7 nitrogen and oxygen atoms in total. The van der Waals surface area contributed by atoms with E-state index in [1.54, 1.807) is 29.8 Å². The molecule has 0 radical (unpaired) electrons. The highest BCUT2D eigenvalue weighted by molar-refractivity contribution is 7.98. The van der Waals surface area contributed by atoms with Crippen molar-refractivity contribution in [1.82, 2.24) is 9.55 Å². The fraction of sp³-hybridized carbons (Fsp3) is 0.320. The molecule has 0 aliphatic carbocycles. The molecule has 1 aliphatic heterocycles. The molecule has 9 heteroatoms. The van der Waals surface area contributed by atoms with E-state index in [4.69, 9.17) is 9.47 Å². The summed E-state index contributed by atoms with van der Waals surface area (Å²) < 4.78 is 26.3. The normalized spacial score (nSPS) is 14.9. The van der Waals surface area contributed by atoms with Gasteiger partial charge in [0.05, 0.1) is 18.8 Å². The second-order valence-electron chi connectivity index (χ2n) is 7.81. The Balaban J connectivity index is 1.70. The molecule has 1 aromatic heterocycles. The number of fused-ring (bicyclic) bond motifs is 1. The van der Waals surface area contributed by atoms with Gasteiger partial charge in [0.2, 0.25) is 5.91 Å². The Morgan fingerprint density at radius 2 is 1.79 bits per heavy atom. The fourth-order valence-corrected chi connectivity index (χ4v) is 4.88. The van der Waals surface area contributed by atoms with E-state index in [-0.39, 0.29) is 23.7 Å². The summed E-state index contributed by atoms with van der Waals surface area (Å²) in [6, 6.07) is 11.7. The first-order chi connectivity index (χ1) is 16.4. The van der Waals surface area contributed by atoms with Gasteiger partial charge < -0.3 is 19.4 Å². The van der Waals surface area contributed by atoms with Gasteiger partial charge in [-0.15, -0.1) is 0 Å². The number of aromatic nitrogens is 2. The summed E-state index contributed by atoms with van der Waals surface area (Å²) >= 11 is 1.35. The third kappa shape index (κ3) is 4.94. The number of hydrogen-bond acceptors (Lipinski definition) is 6. The molecule has 1 amide bonds. The number of benzene rings is 2. The van der Waals surface area contributed by atoms with Crippen LogP contribution in [-0.4, -0.2) is 28.7 Å². The molecule has 1 atom stereocenters. The number of thioether (sulfide) groups is 1. The minimum absolute atomic E-state index is 0.130. The van der Waals surface area contributed by atoms with Gasteiger partial charge in [-0.2, -0.15) is 4.98 Å². The van der Waals surface area contributed by atoms with Crippen LogP contribution >= 0.6 is 11.8 Å². The van der Waals surface area contributed by atoms with E-state index in [2.05, 4.69) is 10.3 Å². The van der Waals surface area contributed by atoms with E-state index in [1.807, 2.05) is 26.0 Å². The number of amides is 1. The first-order valence-corrected chi connectivity index (χ1v) is 12.1. The highest BCUT2D eigenvalue weighted by atomic mass is 32.2. The number of nitrogens with one attached hydrogen (secondary N) is 1. The number of carbonyl (C=O) groups excluding carboxylic acids is 1. The third-order valence-electron chi connectivity index (χ3n) is 5.55. The fourth-order valence-electron chi connectivity index (χ4n) is 3.96. The quantitative estimate of drug-likeness (QED) is 0.376. The number of hydrogen-bond donors (Lipinski definition) is 1. The van der Waals surface area contributed by atoms with Crippen LogP contribution in [0.2, 0.25) is 0 Å². The van der Waals surface area contributed by atoms with Gasteiger partial charge in [0.15, 0.2) is 16.7 Å². The van der Waals surface area contributed by atoms with E-state index in [1.165, 1.54) is 23.9 Å². The number of carbonyl (C=O) groups is 1. The second kappa shape index (κ2) is 10.3. The largest absolute Gasteiger partial charge is 0.490 e. The molecule has 0 unspecified atom stereocenters. The standard InChI is InChI=1S/C25H26FN3O4S/c1-4-32-19-11-8-16(12-20(19)33-5-2)18-13-21(30)27-23-22(18)24(31)28-25(29(23)3)34-14-15-6-9-17(26)10-7-15/h6-12,18H,4-5,13-14H2,1-3H3,(H,27,30)/t18-/m0/s1. The molecule has 34 heavy (non-hydrogen) atoms. The van der Waals surface area contributed by atoms with Crippen molar-refractivity contribution in [2.45, 2.75) is 37.1 Å². The molecule has 178 valence electrons. The number of ether oxygens (including phenoxy) is 2. The van der Waals surface area contributed by atoms with Gasteiger partial charge in [0, 0.05) is 25.1 Å². The van der Waals surface area contributed by atoms with Crippen LogP contribution in [0.25, 0.3) is 0 Å². The Kier molecular flexibility index (Phi) is 7.21. The zero-order chi connectivity index (χ0) is 24.2. The van der Waals surface area contributed by atoms with Gasteiger partial charge in [-0.05, 0) is 49.2 Å². The van der Waals surface area contributed by atoms with Crippen LogP contribution in [0.4, 0.5) is 10.2 Å². The summed E-state index contributed by atoms with van der Waals surface area (Å²) in [6.45, 7) is 4.74. The molecule has 2 aromatic carbocycles. The summed E-state index contributed by atoms with van der Waals surface area (Å²) in [4.78, 5) is 30.1. The van der Waals surface area contributed by atoms with Crippen LogP contribution < -0.4 is 20.3 Å². The lowest BCUT2D eigenvalue weighted by molar-refractivity contribution is -0.116. The van der Waals surface area contributed by atoms with E-state index in [9.17, 15) is 14.0 Å². The number of rotatable bonds is 8. The molecule has 0 saturated carbocycles. The highest BCUT2D eigenvalue weighted by Gasteiger charge is 2.32. The molecule has 4 rings (SSSR count). The maximum absolute atomic E-state index is 13.2. The molecule has 2 heterocycles. The van der Waals surface area contributed by atoms with Gasteiger partial charge in [0.25, 0.3) is 5.56 Å². The van der Waals surface area contributed by atoms with Crippen molar-refractivity contribution >= 4 is 23.5 Å². The zero-order valence-electron chi connectivity index (χ0n) is 19.3. The predicted octanol–water partition coefficient (Wildman–Crippen LogP) is 4.48. The lowest BCUT2D eigenvalue weighted by atomic mass is 9.86. The summed E-state index contributed by atoms with van der Waals surface area (Å²) in [5.41, 5.74) is 1.75. The van der Waals surface area contributed by atoms with Gasteiger partial charge in [-0.3, -0.25) is 9.59 Å². The maximum atomic E-state index is 13.2. The maximum Gasteiger partial charge on any atom is 0.279 e. The molecule has 0 bridgehead atoms. The molecular weight excluding hydrogens is 457 g/mol. The molecule has 0 spiro atoms. The Bertz CT molecular complexity index is 1260. The van der Waals surface area contributed by atoms with E-state index in [0.717, 1.165) is 11.1 Å². The topological polar surface area (TPSA) is 82.5 Å². The van der Waals surface area contributed by atoms with Crippen LogP contribution in [-0.2, 0) is 17.6 Å². The predicted molar refractivity (Wildman–Crippen MR) is 129 cm³/mol. The number of nitrogens with zero attached hydrogens (tertiary/aromatic N) is 2. The zero-order valence-corrected chi connectivity index (χ0v) is 20.1. The Labute approximate surface area is 201 Å². The van der Waals surface area contributed by atoms with Crippen molar-refractivity contribution in [3.8, 4) is 11.5 Å². The summed E-state index contributed by atoms with van der Waals surface area (Å²) in [5, 5.41) is 3.32. The van der Waals surface area contributed by atoms with Crippen molar-refractivity contribution in [2.75, 3.05) is 18.5 Å². The first-order valence-electron chi connectivity index (χ1n) is 11.1. The minimum Gasteiger partial charge on any atom is -0.490 e. The van der Waals surface area contributed by atoms with Crippen LogP contribution in [0.15, 0.2) is 52.4 Å². The number of anilines is 1. The van der Waals surface area contributed by atoms with Crippen molar-refractivity contribution in [1.29, 1.82) is 0 Å². The van der Waals surface area contributed by atoms with E-state index >= 15 is 0 Å². The first kappa shape index (κ1) is 23.8. The molecule has 3 aromatic rings. The van der Waals surface area contributed by atoms with Crippen molar-refractivity contribution in [3.05, 3.63) is 75.3 Å². The van der Waals surface area contributed by atoms with Gasteiger partial charge in [0.1, 0.15) is 11.6 Å².